The van der Waals surface area contributed by atoms with Crippen molar-refractivity contribution in [2.24, 2.45) is 0 Å². The van der Waals surface area contributed by atoms with Crippen molar-refractivity contribution in [3.8, 4) is 5.69 Å². The number of hydrogen-bond donors (Lipinski definition) is 0. The summed E-state index contributed by atoms with van der Waals surface area (Å²) in [4.78, 5) is 16.0. The van der Waals surface area contributed by atoms with Crippen LogP contribution in [0.1, 0.15) is 17.3 Å². The highest BCUT2D eigenvalue weighted by molar-refractivity contribution is 6.03. The standard InChI is InChI=1S/C16H13FN2O2/c1-2-21-16(20)14-9-18-10-15-13(14)7-8-19(15)12-5-3-11(17)4-6-12/h3-10H,2H2,1H3. The number of pyridine rings is 1. The van der Waals surface area contributed by atoms with Gasteiger partial charge in [-0.25, -0.2) is 9.18 Å². The lowest BCUT2D eigenvalue weighted by Gasteiger charge is -2.06. The van der Waals surface area contributed by atoms with Crippen LogP contribution in [0.2, 0.25) is 0 Å². The summed E-state index contributed by atoms with van der Waals surface area (Å²) in [6.07, 6.45) is 4.99. The maximum Gasteiger partial charge on any atom is 0.340 e. The lowest BCUT2D eigenvalue weighted by atomic mass is 10.2. The molecule has 0 N–H and O–H groups in total. The normalized spacial score (nSPS) is 10.8. The fourth-order valence-electron chi connectivity index (χ4n) is 2.25. The number of benzene rings is 1. The number of hydrogen-bond acceptors (Lipinski definition) is 3. The van der Waals surface area contributed by atoms with E-state index in [9.17, 15) is 9.18 Å². The van der Waals surface area contributed by atoms with Crippen LogP contribution in [0.15, 0.2) is 48.9 Å². The number of ether oxygens (including phenoxy) is 1. The lowest BCUT2D eigenvalue weighted by molar-refractivity contribution is 0.0528. The summed E-state index contributed by atoms with van der Waals surface area (Å²) in [5, 5.41) is 0.757. The van der Waals surface area contributed by atoms with Crippen LogP contribution in [0.3, 0.4) is 0 Å². The molecule has 106 valence electrons. The number of esters is 1. The van der Waals surface area contributed by atoms with Gasteiger partial charge in [-0.15, -0.1) is 0 Å². The van der Waals surface area contributed by atoms with Crippen LogP contribution in [-0.4, -0.2) is 22.1 Å². The van der Waals surface area contributed by atoms with Gasteiger partial charge in [0.1, 0.15) is 5.82 Å². The molecule has 3 aromatic rings. The molecule has 0 saturated carbocycles. The molecule has 0 radical (unpaired) electrons. The summed E-state index contributed by atoms with van der Waals surface area (Å²) in [5.41, 5.74) is 2.00. The smallest absolute Gasteiger partial charge is 0.340 e. The Morgan fingerprint density at radius 3 is 2.71 bits per heavy atom. The molecule has 0 aliphatic heterocycles. The molecule has 1 aromatic carbocycles. The highest BCUT2D eigenvalue weighted by Crippen LogP contribution is 2.23. The van der Waals surface area contributed by atoms with E-state index in [-0.39, 0.29) is 5.82 Å². The summed E-state index contributed by atoms with van der Waals surface area (Å²) < 4.78 is 19.9. The van der Waals surface area contributed by atoms with Gasteiger partial charge in [0, 0.05) is 23.5 Å². The highest BCUT2D eigenvalue weighted by atomic mass is 19.1. The number of aromatic nitrogens is 2. The van der Waals surface area contributed by atoms with Crippen molar-refractivity contribution in [1.82, 2.24) is 9.55 Å². The summed E-state index contributed by atoms with van der Waals surface area (Å²) in [5.74, 6) is -0.687. The van der Waals surface area contributed by atoms with Gasteiger partial charge >= 0.3 is 5.97 Å². The van der Waals surface area contributed by atoms with E-state index in [4.69, 9.17) is 4.74 Å². The Kier molecular flexibility index (Phi) is 3.39. The Hall–Kier alpha value is -2.69. The average molecular weight is 284 g/mol. The number of nitrogens with zero attached hydrogens (tertiary/aromatic N) is 2. The zero-order valence-corrected chi connectivity index (χ0v) is 11.4. The highest BCUT2D eigenvalue weighted by Gasteiger charge is 2.14. The molecule has 0 atom stereocenters. The molecule has 5 heteroatoms. The van der Waals surface area contributed by atoms with E-state index in [0.717, 1.165) is 16.6 Å². The van der Waals surface area contributed by atoms with E-state index >= 15 is 0 Å². The average Bonchev–Trinajstić information content (AvgIpc) is 2.92. The van der Waals surface area contributed by atoms with Crippen LogP contribution < -0.4 is 0 Å². The second kappa shape index (κ2) is 5.36. The number of carbonyl (C=O) groups excluding carboxylic acids is 1. The number of halogens is 1. The summed E-state index contributed by atoms with van der Waals surface area (Å²) in [7, 11) is 0. The molecule has 0 aliphatic carbocycles. The Bertz CT molecular complexity index is 794. The molecule has 3 rings (SSSR count). The number of carbonyl (C=O) groups is 1. The van der Waals surface area contributed by atoms with Crippen molar-refractivity contribution in [2.75, 3.05) is 6.61 Å². The molecule has 0 amide bonds. The minimum absolute atomic E-state index is 0.291. The molecule has 0 bridgehead atoms. The molecule has 0 aliphatic rings. The molecule has 2 heterocycles. The summed E-state index contributed by atoms with van der Waals surface area (Å²) in [6, 6.07) is 7.96. The summed E-state index contributed by atoms with van der Waals surface area (Å²) >= 11 is 0. The maximum absolute atomic E-state index is 13.0. The molecule has 0 saturated heterocycles. The third kappa shape index (κ3) is 2.38. The maximum atomic E-state index is 13.0. The Labute approximate surface area is 120 Å². The van der Waals surface area contributed by atoms with Crippen LogP contribution in [-0.2, 0) is 4.74 Å². The van der Waals surface area contributed by atoms with Gasteiger partial charge in [0.15, 0.2) is 0 Å². The third-order valence-electron chi connectivity index (χ3n) is 3.22. The SMILES string of the molecule is CCOC(=O)c1cncc2c1ccn2-c1ccc(F)cc1. The van der Waals surface area contributed by atoms with Crippen molar-refractivity contribution in [1.29, 1.82) is 0 Å². The number of fused-ring (bicyclic) bond motifs is 1. The summed E-state index contributed by atoms with van der Waals surface area (Å²) in [6.45, 7) is 2.07. The first-order chi connectivity index (χ1) is 10.2. The third-order valence-corrected chi connectivity index (χ3v) is 3.22. The molecular formula is C16H13FN2O2. The van der Waals surface area contributed by atoms with Crippen molar-refractivity contribution in [3.05, 3.63) is 60.3 Å². The van der Waals surface area contributed by atoms with Crippen LogP contribution in [0, 0.1) is 5.82 Å². The van der Waals surface area contributed by atoms with E-state index in [0.29, 0.717) is 12.2 Å². The van der Waals surface area contributed by atoms with Crippen molar-refractivity contribution in [2.45, 2.75) is 6.92 Å². The second-order valence-corrected chi connectivity index (χ2v) is 4.50. The predicted molar refractivity (Wildman–Crippen MR) is 77.0 cm³/mol. The first kappa shape index (κ1) is 13.3. The van der Waals surface area contributed by atoms with Gasteiger partial charge in [-0.05, 0) is 37.3 Å². The fourth-order valence-corrected chi connectivity index (χ4v) is 2.25. The Morgan fingerprint density at radius 1 is 1.24 bits per heavy atom. The zero-order chi connectivity index (χ0) is 14.8. The molecule has 0 fully saturated rings. The van der Waals surface area contributed by atoms with Crippen LogP contribution in [0.25, 0.3) is 16.6 Å². The van der Waals surface area contributed by atoms with E-state index in [1.54, 1.807) is 25.3 Å². The topological polar surface area (TPSA) is 44.1 Å². The first-order valence-electron chi connectivity index (χ1n) is 6.59. The van der Waals surface area contributed by atoms with Crippen LogP contribution in [0.4, 0.5) is 4.39 Å². The van der Waals surface area contributed by atoms with Gasteiger partial charge in [0.2, 0.25) is 0 Å². The molecule has 21 heavy (non-hydrogen) atoms. The first-order valence-corrected chi connectivity index (χ1v) is 6.59. The largest absolute Gasteiger partial charge is 0.462 e. The predicted octanol–water partition coefficient (Wildman–Crippen LogP) is 3.34. The van der Waals surface area contributed by atoms with Gasteiger partial charge in [0.05, 0.1) is 23.9 Å². The van der Waals surface area contributed by atoms with Crippen LogP contribution >= 0.6 is 0 Å². The van der Waals surface area contributed by atoms with Gasteiger partial charge in [-0.1, -0.05) is 0 Å². The quantitative estimate of drug-likeness (QED) is 0.693. The minimum Gasteiger partial charge on any atom is -0.462 e. The second-order valence-electron chi connectivity index (χ2n) is 4.50. The molecule has 0 unspecified atom stereocenters. The van der Waals surface area contributed by atoms with Crippen LogP contribution in [0.5, 0.6) is 0 Å². The Morgan fingerprint density at radius 2 is 2.00 bits per heavy atom. The van der Waals surface area contributed by atoms with Crippen molar-refractivity contribution in [3.63, 3.8) is 0 Å². The fraction of sp³-hybridized carbons (Fsp3) is 0.125. The minimum atomic E-state index is -0.396. The van der Waals surface area contributed by atoms with Gasteiger partial charge in [0.25, 0.3) is 0 Å². The van der Waals surface area contributed by atoms with E-state index in [1.807, 2.05) is 16.8 Å². The Balaban J connectivity index is 2.13. The molecule has 2 aromatic heterocycles. The monoisotopic (exact) mass is 284 g/mol. The molecule has 0 spiro atoms. The van der Waals surface area contributed by atoms with E-state index < -0.39 is 5.97 Å². The van der Waals surface area contributed by atoms with E-state index in [2.05, 4.69) is 4.98 Å². The van der Waals surface area contributed by atoms with Crippen molar-refractivity contribution < 1.29 is 13.9 Å². The zero-order valence-electron chi connectivity index (χ0n) is 11.4. The molecule has 4 nitrogen and oxygen atoms in total. The lowest BCUT2D eigenvalue weighted by Crippen LogP contribution is -2.05. The van der Waals surface area contributed by atoms with Crippen molar-refractivity contribution >= 4 is 16.9 Å². The van der Waals surface area contributed by atoms with E-state index in [1.165, 1.54) is 18.3 Å². The molecular weight excluding hydrogens is 271 g/mol. The van der Waals surface area contributed by atoms with Gasteiger partial charge in [-0.3, -0.25) is 4.98 Å². The van der Waals surface area contributed by atoms with Gasteiger partial charge in [-0.2, -0.15) is 0 Å². The number of rotatable bonds is 3. The van der Waals surface area contributed by atoms with Gasteiger partial charge < -0.3 is 9.30 Å².